The van der Waals surface area contributed by atoms with Crippen molar-refractivity contribution in [3.63, 3.8) is 0 Å². The molecule has 1 rings (SSSR count). The highest BCUT2D eigenvalue weighted by Gasteiger charge is 2.09. The third-order valence-electron chi connectivity index (χ3n) is 1.30. The molecule has 0 spiro atoms. The monoisotopic (exact) mass is 168 g/mol. The minimum absolute atomic E-state index is 0.132. The normalized spacial score (nSPS) is 11.9. The van der Waals surface area contributed by atoms with E-state index in [1.165, 1.54) is 0 Å². The Morgan fingerprint density at radius 1 is 1.50 bits per heavy atom. The Balaban J connectivity index is 2.20. The zero-order valence-electron chi connectivity index (χ0n) is 7.85. The lowest BCUT2D eigenvalue weighted by Crippen LogP contribution is -2.28. The molecule has 0 saturated heterocycles. The van der Waals surface area contributed by atoms with Crippen LogP contribution in [-0.2, 0) is 11.4 Å². The molecule has 1 heterocycles. The van der Waals surface area contributed by atoms with Crippen LogP contribution >= 0.6 is 0 Å². The van der Waals surface area contributed by atoms with Crippen molar-refractivity contribution >= 4 is 0 Å². The topological polar surface area (TPSA) is 37.0 Å². The molecule has 1 aromatic heterocycles. The van der Waals surface area contributed by atoms with E-state index in [0.717, 1.165) is 5.69 Å². The molecule has 0 radical (unpaired) electrons. The van der Waals surface area contributed by atoms with Gasteiger partial charge < -0.3 is 4.98 Å². The standard InChI is InChI=1S/C9H16N2O/c1-9(2,3)12-11-7-8-5-4-6-10-8/h4-6,10-11H,7H2,1-3H3. The van der Waals surface area contributed by atoms with Gasteiger partial charge in [0.2, 0.25) is 0 Å². The van der Waals surface area contributed by atoms with E-state index in [2.05, 4.69) is 10.5 Å². The van der Waals surface area contributed by atoms with Gasteiger partial charge in [0.25, 0.3) is 0 Å². The predicted octanol–water partition coefficient (Wildman–Crippen LogP) is 1.83. The van der Waals surface area contributed by atoms with E-state index < -0.39 is 0 Å². The van der Waals surface area contributed by atoms with Crippen LogP contribution in [0.2, 0.25) is 0 Å². The predicted molar refractivity (Wildman–Crippen MR) is 48.5 cm³/mol. The molecule has 0 fully saturated rings. The van der Waals surface area contributed by atoms with Crippen molar-refractivity contribution in [1.82, 2.24) is 10.5 Å². The van der Waals surface area contributed by atoms with Gasteiger partial charge in [-0.1, -0.05) is 0 Å². The molecule has 68 valence electrons. The van der Waals surface area contributed by atoms with Gasteiger partial charge in [-0.3, -0.25) is 4.84 Å². The van der Waals surface area contributed by atoms with Crippen LogP contribution in [0.4, 0.5) is 0 Å². The summed E-state index contributed by atoms with van der Waals surface area (Å²) in [5.74, 6) is 0. The Hall–Kier alpha value is -0.800. The minimum Gasteiger partial charge on any atom is -0.364 e. The largest absolute Gasteiger partial charge is 0.364 e. The molecule has 0 bridgehead atoms. The number of H-pyrrole nitrogens is 1. The molecule has 2 N–H and O–H groups in total. The van der Waals surface area contributed by atoms with Crippen molar-refractivity contribution < 1.29 is 4.84 Å². The van der Waals surface area contributed by atoms with Crippen LogP contribution in [-0.4, -0.2) is 10.6 Å². The molecular weight excluding hydrogens is 152 g/mol. The number of rotatable bonds is 3. The summed E-state index contributed by atoms with van der Waals surface area (Å²) < 4.78 is 0. The molecule has 1 aromatic rings. The van der Waals surface area contributed by atoms with Crippen molar-refractivity contribution in [3.8, 4) is 0 Å². The van der Waals surface area contributed by atoms with E-state index in [4.69, 9.17) is 4.84 Å². The van der Waals surface area contributed by atoms with E-state index in [-0.39, 0.29) is 5.60 Å². The first-order valence-corrected chi connectivity index (χ1v) is 4.11. The maximum Gasteiger partial charge on any atom is 0.0813 e. The summed E-state index contributed by atoms with van der Waals surface area (Å²) in [6, 6.07) is 3.98. The molecule has 0 amide bonds. The van der Waals surface area contributed by atoms with Gasteiger partial charge in [-0.15, -0.1) is 0 Å². The number of hydrogen-bond donors (Lipinski definition) is 2. The van der Waals surface area contributed by atoms with Gasteiger partial charge >= 0.3 is 0 Å². The summed E-state index contributed by atoms with van der Waals surface area (Å²) in [6.45, 7) is 6.74. The number of hydroxylamine groups is 1. The van der Waals surface area contributed by atoms with Gasteiger partial charge in [0.05, 0.1) is 12.1 Å². The second-order valence-electron chi connectivity index (χ2n) is 3.73. The average molecular weight is 168 g/mol. The lowest BCUT2D eigenvalue weighted by Gasteiger charge is -2.18. The van der Waals surface area contributed by atoms with Gasteiger partial charge in [-0.25, -0.2) is 0 Å². The van der Waals surface area contributed by atoms with Crippen molar-refractivity contribution in [1.29, 1.82) is 0 Å². The fourth-order valence-corrected chi connectivity index (χ4v) is 0.808. The zero-order valence-corrected chi connectivity index (χ0v) is 7.85. The first kappa shape index (κ1) is 9.29. The Morgan fingerprint density at radius 3 is 2.75 bits per heavy atom. The van der Waals surface area contributed by atoms with Gasteiger partial charge in [-0.2, -0.15) is 5.48 Å². The number of aromatic nitrogens is 1. The molecule has 0 atom stereocenters. The highest BCUT2D eigenvalue weighted by atomic mass is 16.7. The molecular formula is C9H16N2O. The Labute approximate surface area is 73.1 Å². The molecule has 3 heteroatoms. The summed E-state index contributed by atoms with van der Waals surface area (Å²) in [4.78, 5) is 8.41. The van der Waals surface area contributed by atoms with Crippen LogP contribution in [0.25, 0.3) is 0 Å². The number of nitrogens with one attached hydrogen (secondary N) is 2. The highest BCUT2D eigenvalue weighted by molar-refractivity contribution is 5.02. The SMILES string of the molecule is CC(C)(C)ONCc1ccc[nH]1. The van der Waals surface area contributed by atoms with Crippen molar-refractivity contribution in [2.24, 2.45) is 0 Å². The molecule has 0 unspecified atom stereocenters. The van der Waals surface area contributed by atoms with Crippen LogP contribution in [0.1, 0.15) is 26.5 Å². The average Bonchev–Trinajstić information content (AvgIpc) is 2.36. The zero-order chi connectivity index (χ0) is 9.03. The smallest absolute Gasteiger partial charge is 0.0813 e. The van der Waals surface area contributed by atoms with Crippen LogP contribution in [0.15, 0.2) is 18.3 Å². The number of hydrogen-bond acceptors (Lipinski definition) is 2. The van der Waals surface area contributed by atoms with Crippen molar-refractivity contribution in [2.75, 3.05) is 0 Å². The summed E-state index contributed by atoms with van der Waals surface area (Å²) in [6.07, 6.45) is 1.90. The first-order chi connectivity index (χ1) is 5.58. The molecule has 0 saturated carbocycles. The fourth-order valence-electron chi connectivity index (χ4n) is 0.808. The van der Waals surface area contributed by atoms with E-state index >= 15 is 0 Å². The second-order valence-corrected chi connectivity index (χ2v) is 3.73. The maximum atomic E-state index is 5.33. The molecule has 3 nitrogen and oxygen atoms in total. The minimum atomic E-state index is -0.132. The van der Waals surface area contributed by atoms with Crippen molar-refractivity contribution in [3.05, 3.63) is 24.0 Å². The van der Waals surface area contributed by atoms with E-state index in [9.17, 15) is 0 Å². The van der Waals surface area contributed by atoms with E-state index in [0.29, 0.717) is 6.54 Å². The lowest BCUT2D eigenvalue weighted by molar-refractivity contribution is -0.0761. The Morgan fingerprint density at radius 2 is 2.25 bits per heavy atom. The molecule has 12 heavy (non-hydrogen) atoms. The third-order valence-corrected chi connectivity index (χ3v) is 1.30. The molecule has 0 aliphatic carbocycles. The third kappa shape index (κ3) is 3.55. The van der Waals surface area contributed by atoms with Crippen LogP contribution in [0.5, 0.6) is 0 Å². The molecule has 0 aliphatic heterocycles. The molecule has 0 aromatic carbocycles. The quantitative estimate of drug-likeness (QED) is 0.676. The fraction of sp³-hybridized carbons (Fsp3) is 0.556. The molecule has 0 aliphatic rings. The van der Waals surface area contributed by atoms with Crippen molar-refractivity contribution in [2.45, 2.75) is 32.9 Å². The van der Waals surface area contributed by atoms with Crippen LogP contribution < -0.4 is 5.48 Å². The number of aromatic amines is 1. The van der Waals surface area contributed by atoms with E-state index in [1.54, 1.807) is 0 Å². The summed E-state index contributed by atoms with van der Waals surface area (Å²) >= 11 is 0. The Kier molecular flexibility index (Phi) is 2.89. The first-order valence-electron chi connectivity index (χ1n) is 4.11. The Bertz CT molecular complexity index is 211. The van der Waals surface area contributed by atoms with Crippen LogP contribution in [0.3, 0.4) is 0 Å². The highest BCUT2D eigenvalue weighted by Crippen LogP contribution is 2.04. The summed E-state index contributed by atoms with van der Waals surface area (Å²) in [7, 11) is 0. The summed E-state index contributed by atoms with van der Waals surface area (Å²) in [5.41, 5.74) is 3.89. The maximum absolute atomic E-state index is 5.33. The van der Waals surface area contributed by atoms with Crippen LogP contribution in [0, 0.1) is 0 Å². The van der Waals surface area contributed by atoms with Gasteiger partial charge in [0, 0.05) is 11.9 Å². The van der Waals surface area contributed by atoms with Gasteiger partial charge in [-0.05, 0) is 32.9 Å². The second kappa shape index (κ2) is 3.74. The van der Waals surface area contributed by atoms with E-state index in [1.807, 2.05) is 39.1 Å². The summed E-state index contributed by atoms with van der Waals surface area (Å²) in [5, 5.41) is 0. The van der Waals surface area contributed by atoms with Gasteiger partial charge in [0.1, 0.15) is 0 Å². The van der Waals surface area contributed by atoms with Gasteiger partial charge in [0.15, 0.2) is 0 Å². The lowest BCUT2D eigenvalue weighted by atomic mass is 10.2.